The molecular formula is C21H21Cl2N3. The molecule has 0 saturated heterocycles. The molecule has 1 aliphatic rings. The summed E-state index contributed by atoms with van der Waals surface area (Å²) in [5.41, 5.74) is 6.56. The van der Waals surface area contributed by atoms with Gasteiger partial charge in [-0.05, 0) is 62.9 Å². The standard InChI is InChI=1S/C21H21Cl2N3/c1-13-6-9-19(14(2)11-13)26-21-16(5-3-4-10-24-21)20(25-26)17-12-15(22)7-8-18(17)23/h6-9,11-12,24H,3-5,10H2,1-2H3. The van der Waals surface area contributed by atoms with Gasteiger partial charge in [-0.3, -0.25) is 0 Å². The number of halogens is 2. The number of nitrogens with one attached hydrogen (secondary N) is 1. The molecule has 0 radical (unpaired) electrons. The molecule has 0 spiro atoms. The third-order valence-corrected chi connectivity index (χ3v) is 5.46. The molecule has 5 heteroatoms. The largest absolute Gasteiger partial charge is 0.370 e. The molecule has 2 aromatic carbocycles. The minimum Gasteiger partial charge on any atom is -0.370 e. The van der Waals surface area contributed by atoms with Gasteiger partial charge >= 0.3 is 0 Å². The van der Waals surface area contributed by atoms with E-state index < -0.39 is 0 Å². The first kappa shape index (κ1) is 17.4. The van der Waals surface area contributed by atoms with Crippen LogP contribution in [-0.2, 0) is 6.42 Å². The van der Waals surface area contributed by atoms with Crippen molar-refractivity contribution in [3.8, 4) is 16.9 Å². The number of hydrogen-bond acceptors (Lipinski definition) is 2. The molecule has 1 aromatic heterocycles. The summed E-state index contributed by atoms with van der Waals surface area (Å²) >= 11 is 12.7. The number of nitrogens with zero attached hydrogens (tertiary/aromatic N) is 2. The molecule has 0 atom stereocenters. The van der Waals surface area contributed by atoms with Crippen molar-refractivity contribution < 1.29 is 0 Å². The molecular weight excluding hydrogens is 365 g/mol. The first-order chi connectivity index (χ1) is 12.5. The SMILES string of the molecule is Cc1ccc(-n2nc(-c3cc(Cl)ccc3Cl)c3c2NCCCC3)c(C)c1. The zero-order valence-electron chi connectivity index (χ0n) is 14.9. The van der Waals surface area contributed by atoms with Crippen molar-refractivity contribution in [3.63, 3.8) is 0 Å². The van der Waals surface area contributed by atoms with E-state index in [1.54, 1.807) is 0 Å². The van der Waals surface area contributed by atoms with Gasteiger partial charge in [0.15, 0.2) is 0 Å². The van der Waals surface area contributed by atoms with E-state index in [0.717, 1.165) is 48.6 Å². The van der Waals surface area contributed by atoms with Crippen LogP contribution in [-0.4, -0.2) is 16.3 Å². The Morgan fingerprint density at radius 2 is 1.88 bits per heavy atom. The molecule has 134 valence electrons. The molecule has 1 N–H and O–H groups in total. The van der Waals surface area contributed by atoms with Gasteiger partial charge in [-0.1, -0.05) is 40.9 Å². The lowest BCUT2D eigenvalue weighted by Gasteiger charge is -2.12. The average Bonchev–Trinajstić information content (AvgIpc) is 2.78. The highest BCUT2D eigenvalue weighted by molar-refractivity contribution is 6.35. The van der Waals surface area contributed by atoms with Gasteiger partial charge in [-0.15, -0.1) is 0 Å². The predicted molar refractivity (Wildman–Crippen MR) is 110 cm³/mol. The van der Waals surface area contributed by atoms with Gasteiger partial charge in [0.05, 0.1) is 16.4 Å². The smallest absolute Gasteiger partial charge is 0.133 e. The van der Waals surface area contributed by atoms with Gasteiger partial charge in [-0.2, -0.15) is 5.10 Å². The van der Waals surface area contributed by atoms with Crippen molar-refractivity contribution in [1.29, 1.82) is 0 Å². The molecule has 1 aliphatic heterocycles. The highest BCUT2D eigenvalue weighted by atomic mass is 35.5. The lowest BCUT2D eigenvalue weighted by atomic mass is 10.0. The van der Waals surface area contributed by atoms with Crippen LogP contribution in [0.4, 0.5) is 5.82 Å². The highest BCUT2D eigenvalue weighted by Gasteiger charge is 2.23. The predicted octanol–water partition coefficient (Wildman–Crippen LogP) is 6.21. The fourth-order valence-electron chi connectivity index (χ4n) is 3.62. The number of aromatic nitrogens is 2. The molecule has 0 fully saturated rings. The van der Waals surface area contributed by atoms with Crippen LogP contribution in [0.5, 0.6) is 0 Å². The van der Waals surface area contributed by atoms with Gasteiger partial charge in [0.1, 0.15) is 5.82 Å². The van der Waals surface area contributed by atoms with Gasteiger partial charge in [0.2, 0.25) is 0 Å². The maximum absolute atomic E-state index is 6.49. The number of benzene rings is 2. The second-order valence-electron chi connectivity index (χ2n) is 6.89. The van der Waals surface area contributed by atoms with Crippen LogP contribution in [0.3, 0.4) is 0 Å². The Labute approximate surface area is 163 Å². The second kappa shape index (κ2) is 6.98. The molecule has 4 rings (SSSR count). The third-order valence-electron chi connectivity index (χ3n) is 4.89. The fraction of sp³-hybridized carbons (Fsp3) is 0.286. The summed E-state index contributed by atoms with van der Waals surface area (Å²) in [5, 5.41) is 9.90. The molecule has 0 aliphatic carbocycles. The van der Waals surface area contributed by atoms with E-state index in [1.807, 2.05) is 22.9 Å². The van der Waals surface area contributed by atoms with E-state index in [2.05, 4.69) is 37.4 Å². The van der Waals surface area contributed by atoms with Crippen LogP contribution >= 0.6 is 23.2 Å². The number of hydrogen-bond donors (Lipinski definition) is 1. The van der Waals surface area contributed by atoms with Crippen molar-refractivity contribution in [2.75, 3.05) is 11.9 Å². The lowest BCUT2D eigenvalue weighted by molar-refractivity contribution is 0.779. The van der Waals surface area contributed by atoms with Gasteiger partial charge < -0.3 is 5.32 Å². The summed E-state index contributed by atoms with van der Waals surface area (Å²) in [4.78, 5) is 0. The Balaban J connectivity index is 1.96. The van der Waals surface area contributed by atoms with Gasteiger partial charge in [-0.25, -0.2) is 4.68 Å². The Morgan fingerprint density at radius 3 is 2.69 bits per heavy atom. The van der Waals surface area contributed by atoms with E-state index >= 15 is 0 Å². The normalized spacial score (nSPS) is 13.8. The quantitative estimate of drug-likeness (QED) is 0.567. The summed E-state index contributed by atoms with van der Waals surface area (Å²) < 4.78 is 2.03. The molecule has 0 saturated carbocycles. The van der Waals surface area contributed by atoms with Crippen molar-refractivity contribution in [2.45, 2.75) is 33.1 Å². The van der Waals surface area contributed by atoms with E-state index in [-0.39, 0.29) is 0 Å². The van der Waals surface area contributed by atoms with Crippen LogP contribution in [0.1, 0.15) is 29.5 Å². The van der Waals surface area contributed by atoms with Crippen molar-refractivity contribution in [1.82, 2.24) is 9.78 Å². The Hall–Kier alpha value is -1.97. The fourth-order valence-corrected chi connectivity index (χ4v) is 3.99. The summed E-state index contributed by atoms with van der Waals surface area (Å²) in [7, 11) is 0. The molecule has 0 amide bonds. The van der Waals surface area contributed by atoms with Crippen molar-refractivity contribution >= 4 is 29.0 Å². The number of rotatable bonds is 2. The number of aryl methyl sites for hydroxylation is 2. The zero-order valence-corrected chi connectivity index (χ0v) is 16.5. The Morgan fingerprint density at radius 1 is 1.04 bits per heavy atom. The number of fused-ring (bicyclic) bond motifs is 1. The first-order valence-corrected chi connectivity index (χ1v) is 9.69. The maximum atomic E-state index is 6.49. The van der Waals surface area contributed by atoms with Crippen LogP contribution in [0.15, 0.2) is 36.4 Å². The topological polar surface area (TPSA) is 29.9 Å². The van der Waals surface area contributed by atoms with Crippen molar-refractivity contribution in [2.24, 2.45) is 0 Å². The van der Waals surface area contributed by atoms with E-state index in [4.69, 9.17) is 28.3 Å². The summed E-state index contributed by atoms with van der Waals surface area (Å²) in [6, 6.07) is 12.0. The average molecular weight is 386 g/mol. The summed E-state index contributed by atoms with van der Waals surface area (Å²) in [6.45, 7) is 5.18. The second-order valence-corrected chi connectivity index (χ2v) is 7.73. The molecule has 2 heterocycles. The summed E-state index contributed by atoms with van der Waals surface area (Å²) in [5.74, 6) is 1.07. The minimum atomic E-state index is 0.667. The highest BCUT2D eigenvalue weighted by Crippen LogP contribution is 2.38. The molecule has 26 heavy (non-hydrogen) atoms. The zero-order chi connectivity index (χ0) is 18.3. The Kier molecular flexibility index (Phi) is 4.68. The van der Waals surface area contributed by atoms with E-state index in [9.17, 15) is 0 Å². The lowest BCUT2D eigenvalue weighted by Crippen LogP contribution is -2.08. The molecule has 0 unspecified atom stereocenters. The monoisotopic (exact) mass is 385 g/mol. The molecule has 0 bridgehead atoms. The van der Waals surface area contributed by atoms with Gasteiger partial charge in [0, 0.05) is 22.7 Å². The summed E-state index contributed by atoms with van der Waals surface area (Å²) in [6.07, 6.45) is 3.25. The van der Waals surface area contributed by atoms with Crippen molar-refractivity contribution in [3.05, 3.63) is 63.1 Å². The van der Waals surface area contributed by atoms with Crippen LogP contribution in [0.2, 0.25) is 10.0 Å². The van der Waals surface area contributed by atoms with Crippen LogP contribution in [0, 0.1) is 13.8 Å². The molecule has 3 nitrogen and oxygen atoms in total. The third kappa shape index (κ3) is 3.10. The van der Waals surface area contributed by atoms with E-state index in [1.165, 1.54) is 16.7 Å². The Bertz CT molecular complexity index is 976. The maximum Gasteiger partial charge on any atom is 0.133 e. The van der Waals surface area contributed by atoms with E-state index in [0.29, 0.717) is 10.0 Å². The first-order valence-electron chi connectivity index (χ1n) is 8.93. The minimum absolute atomic E-state index is 0.667. The number of anilines is 1. The van der Waals surface area contributed by atoms with Crippen LogP contribution in [0.25, 0.3) is 16.9 Å². The van der Waals surface area contributed by atoms with Gasteiger partial charge in [0.25, 0.3) is 0 Å². The molecule has 3 aromatic rings. The van der Waals surface area contributed by atoms with Crippen LogP contribution < -0.4 is 5.32 Å².